The second-order valence-electron chi connectivity index (χ2n) is 4.29. The number of hydrogen-bond donors (Lipinski definition) is 1. The van der Waals surface area contributed by atoms with Crippen molar-refractivity contribution in [2.75, 3.05) is 12.1 Å². The summed E-state index contributed by atoms with van der Waals surface area (Å²) in [7, 11) is 0. The van der Waals surface area contributed by atoms with Crippen molar-refractivity contribution in [1.82, 2.24) is 0 Å². The van der Waals surface area contributed by atoms with Crippen molar-refractivity contribution < 1.29 is 9.47 Å². The van der Waals surface area contributed by atoms with Gasteiger partial charge in [-0.3, -0.25) is 0 Å². The van der Waals surface area contributed by atoms with Gasteiger partial charge < -0.3 is 14.8 Å². The van der Waals surface area contributed by atoms with Gasteiger partial charge in [-0.05, 0) is 74.4 Å². The van der Waals surface area contributed by atoms with Gasteiger partial charge in [0.2, 0.25) is 6.79 Å². The van der Waals surface area contributed by atoms with Gasteiger partial charge in [0.25, 0.3) is 0 Å². The maximum atomic E-state index is 5.95. The molecule has 3 nitrogen and oxygen atoms in total. The minimum Gasteiger partial charge on any atom is -0.454 e. The lowest BCUT2D eigenvalue weighted by molar-refractivity contribution is 0.173. The molecule has 0 amide bonds. The van der Waals surface area contributed by atoms with E-state index >= 15 is 0 Å². The Kier molecular flexibility index (Phi) is 4.28. The van der Waals surface area contributed by atoms with Crippen LogP contribution in [0.2, 0.25) is 5.02 Å². The Labute approximate surface area is 143 Å². The van der Waals surface area contributed by atoms with Crippen LogP contribution in [0.3, 0.4) is 0 Å². The predicted octanol–water partition coefficient (Wildman–Crippen LogP) is 5.05. The summed E-state index contributed by atoms with van der Waals surface area (Å²) in [6.45, 7) is 0.979. The monoisotopic (exact) mass is 465 g/mol. The van der Waals surface area contributed by atoms with Crippen LogP contribution in [-0.2, 0) is 6.54 Å². The van der Waals surface area contributed by atoms with E-state index in [1.54, 1.807) is 0 Å². The van der Waals surface area contributed by atoms with E-state index in [4.69, 9.17) is 21.1 Å². The fourth-order valence-corrected chi connectivity index (χ4v) is 3.62. The number of rotatable bonds is 3. The van der Waals surface area contributed by atoms with E-state index in [1.165, 1.54) is 0 Å². The average Bonchev–Trinajstić information content (AvgIpc) is 2.86. The number of halogens is 3. The molecule has 0 atom stereocenters. The fourth-order valence-electron chi connectivity index (χ4n) is 1.95. The predicted molar refractivity (Wildman–Crippen MR) is 91.8 cm³/mol. The van der Waals surface area contributed by atoms with E-state index in [0.717, 1.165) is 35.8 Å². The molecule has 0 saturated carbocycles. The van der Waals surface area contributed by atoms with Crippen LogP contribution in [0.4, 0.5) is 5.69 Å². The summed E-state index contributed by atoms with van der Waals surface area (Å²) >= 11 is 11.7. The summed E-state index contributed by atoms with van der Waals surface area (Å²) in [6, 6.07) is 9.81. The third-order valence-corrected chi connectivity index (χ3v) is 4.62. The highest BCUT2D eigenvalue weighted by molar-refractivity contribution is 14.1. The topological polar surface area (TPSA) is 30.5 Å². The Balaban J connectivity index is 1.77. The lowest BCUT2D eigenvalue weighted by atomic mass is 10.2. The van der Waals surface area contributed by atoms with E-state index in [9.17, 15) is 0 Å². The molecule has 3 rings (SSSR count). The van der Waals surface area contributed by atoms with Gasteiger partial charge in [-0.1, -0.05) is 11.6 Å². The summed E-state index contributed by atoms with van der Waals surface area (Å²) in [5.41, 5.74) is 2.18. The molecule has 0 aliphatic carbocycles. The molecular formula is C14H10BrClINO2. The molecular weight excluding hydrogens is 456 g/mol. The second-order valence-corrected chi connectivity index (χ2v) is 6.74. The van der Waals surface area contributed by atoms with Gasteiger partial charge in [-0.2, -0.15) is 0 Å². The Hall–Kier alpha value is -0.660. The molecule has 104 valence electrons. The highest BCUT2D eigenvalue weighted by Crippen LogP contribution is 2.40. The van der Waals surface area contributed by atoms with Crippen molar-refractivity contribution >= 4 is 55.8 Å². The van der Waals surface area contributed by atoms with Gasteiger partial charge in [0.15, 0.2) is 11.5 Å². The van der Waals surface area contributed by atoms with Crippen LogP contribution < -0.4 is 14.8 Å². The van der Waals surface area contributed by atoms with Crippen LogP contribution >= 0.6 is 50.1 Å². The number of fused-ring (bicyclic) bond motifs is 1. The van der Waals surface area contributed by atoms with Crippen LogP contribution in [0.1, 0.15) is 5.56 Å². The zero-order valence-electron chi connectivity index (χ0n) is 10.3. The number of hydrogen-bond acceptors (Lipinski definition) is 3. The molecule has 1 heterocycles. The van der Waals surface area contributed by atoms with Gasteiger partial charge in [0.05, 0.1) is 4.47 Å². The number of ether oxygens (including phenoxy) is 2. The van der Waals surface area contributed by atoms with Crippen LogP contribution in [0.15, 0.2) is 34.8 Å². The van der Waals surface area contributed by atoms with Crippen molar-refractivity contribution in [3.63, 3.8) is 0 Å². The summed E-state index contributed by atoms with van der Waals surface area (Å²) in [5.74, 6) is 1.55. The average molecular weight is 467 g/mol. The first kappa shape index (κ1) is 14.3. The molecule has 0 spiro atoms. The molecule has 6 heteroatoms. The molecule has 0 aromatic heterocycles. The van der Waals surface area contributed by atoms with Gasteiger partial charge in [-0.25, -0.2) is 0 Å². The molecule has 0 bridgehead atoms. The van der Waals surface area contributed by atoms with Crippen molar-refractivity contribution in [2.45, 2.75) is 6.54 Å². The summed E-state index contributed by atoms with van der Waals surface area (Å²) in [6.07, 6.45) is 0. The minimum absolute atomic E-state index is 0.278. The van der Waals surface area contributed by atoms with E-state index in [0.29, 0.717) is 6.54 Å². The molecule has 20 heavy (non-hydrogen) atoms. The largest absolute Gasteiger partial charge is 0.454 e. The first-order valence-electron chi connectivity index (χ1n) is 5.90. The number of nitrogens with one attached hydrogen (secondary N) is 1. The normalized spacial score (nSPS) is 12.6. The van der Waals surface area contributed by atoms with Crippen LogP contribution in [0, 0.1) is 3.57 Å². The highest BCUT2D eigenvalue weighted by Gasteiger charge is 2.17. The molecule has 2 aromatic rings. The second kappa shape index (κ2) is 5.99. The van der Waals surface area contributed by atoms with Gasteiger partial charge in [0.1, 0.15) is 0 Å². The molecule has 0 unspecified atom stereocenters. The van der Waals surface area contributed by atoms with Crippen molar-refractivity contribution in [2.24, 2.45) is 0 Å². The SMILES string of the molecule is Clc1ccc(NCc2cc(Br)c3c(c2)OCO3)c(I)c1. The lowest BCUT2D eigenvalue weighted by Crippen LogP contribution is -2.01. The quantitative estimate of drug-likeness (QED) is 0.643. The number of anilines is 1. The Morgan fingerprint density at radius 1 is 1.25 bits per heavy atom. The maximum Gasteiger partial charge on any atom is 0.231 e. The molecule has 2 aromatic carbocycles. The molecule has 0 fully saturated rings. The van der Waals surface area contributed by atoms with Crippen LogP contribution in [-0.4, -0.2) is 6.79 Å². The zero-order valence-corrected chi connectivity index (χ0v) is 14.8. The summed E-state index contributed by atoms with van der Waals surface area (Å²) in [4.78, 5) is 0. The van der Waals surface area contributed by atoms with E-state index in [2.05, 4.69) is 43.8 Å². The standard InChI is InChI=1S/C14H10BrClINO2/c15-10-3-8(4-13-14(10)20-7-19-13)6-18-12-2-1-9(16)5-11(12)17/h1-5,18H,6-7H2. The third-order valence-electron chi connectivity index (χ3n) is 2.90. The fraction of sp³-hybridized carbons (Fsp3) is 0.143. The number of benzene rings is 2. The van der Waals surface area contributed by atoms with Crippen molar-refractivity contribution in [3.05, 3.63) is 49.0 Å². The molecule has 1 aliphatic rings. The first-order chi connectivity index (χ1) is 9.63. The Bertz CT molecular complexity index is 666. The van der Waals surface area contributed by atoms with Crippen molar-refractivity contribution in [3.8, 4) is 11.5 Å². The molecule has 1 aliphatic heterocycles. The zero-order chi connectivity index (χ0) is 14.1. The van der Waals surface area contributed by atoms with Crippen LogP contribution in [0.25, 0.3) is 0 Å². The summed E-state index contributed by atoms with van der Waals surface area (Å²) < 4.78 is 12.8. The van der Waals surface area contributed by atoms with E-state index in [-0.39, 0.29) is 6.79 Å². The van der Waals surface area contributed by atoms with E-state index < -0.39 is 0 Å². The van der Waals surface area contributed by atoms with Gasteiger partial charge >= 0.3 is 0 Å². The highest BCUT2D eigenvalue weighted by atomic mass is 127. The van der Waals surface area contributed by atoms with Crippen molar-refractivity contribution in [1.29, 1.82) is 0 Å². The molecule has 1 N–H and O–H groups in total. The van der Waals surface area contributed by atoms with Gasteiger partial charge in [-0.15, -0.1) is 0 Å². The summed E-state index contributed by atoms with van der Waals surface area (Å²) in [5, 5.41) is 4.13. The maximum absolute atomic E-state index is 5.95. The molecule has 0 saturated heterocycles. The van der Waals surface area contributed by atoms with Gasteiger partial charge in [0, 0.05) is 20.8 Å². The Morgan fingerprint density at radius 3 is 2.90 bits per heavy atom. The third kappa shape index (κ3) is 2.99. The first-order valence-corrected chi connectivity index (χ1v) is 8.15. The van der Waals surface area contributed by atoms with Crippen LogP contribution in [0.5, 0.6) is 11.5 Å². The van der Waals surface area contributed by atoms with E-state index in [1.807, 2.05) is 30.3 Å². The Morgan fingerprint density at radius 2 is 2.10 bits per heavy atom. The lowest BCUT2D eigenvalue weighted by Gasteiger charge is -2.10. The minimum atomic E-state index is 0.278. The smallest absolute Gasteiger partial charge is 0.231 e. The molecule has 0 radical (unpaired) electrons.